The summed E-state index contributed by atoms with van der Waals surface area (Å²) < 4.78 is 5.70. The standard InChI is InChI=1S/C13H23NO3/c1-8(2)11-7-10(5-6-17-11)14-12(13(15)16)9-3-4-9/h8-12,14H,3-7H2,1-2H3,(H,15,16). The number of rotatable bonds is 5. The SMILES string of the molecule is CC(C)C1CC(NC(C(=O)O)C2CC2)CCO1. The van der Waals surface area contributed by atoms with Crippen LogP contribution in [0.5, 0.6) is 0 Å². The van der Waals surface area contributed by atoms with Gasteiger partial charge in [0.05, 0.1) is 6.10 Å². The first-order chi connectivity index (χ1) is 8.08. The van der Waals surface area contributed by atoms with Crippen LogP contribution in [0.2, 0.25) is 0 Å². The van der Waals surface area contributed by atoms with Crippen molar-refractivity contribution in [1.29, 1.82) is 0 Å². The number of hydrogen-bond donors (Lipinski definition) is 2. The van der Waals surface area contributed by atoms with Gasteiger partial charge in [-0.15, -0.1) is 0 Å². The van der Waals surface area contributed by atoms with Gasteiger partial charge in [-0.05, 0) is 37.5 Å². The summed E-state index contributed by atoms with van der Waals surface area (Å²) in [5.74, 6) is 0.164. The number of ether oxygens (including phenoxy) is 1. The molecule has 1 saturated heterocycles. The number of carboxylic acids is 1. The molecule has 4 nitrogen and oxygen atoms in total. The number of carboxylic acid groups (broad SMARTS) is 1. The molecule has 1 aliphatic carbocycles. The molecule has 0 aromatic rings. The molecule has 0 radical (unpaired) electrons. The molecule has 17 heavy (non-hydrogen) atoms. The van der Waals surface area contributed by atoms with Gasteiger partial charge in [0.1, 0.15) is 6.04 Å². The summed E-state index contributed by atoms with van der Waals surface area (Å²) in [6.07, 6.45) is 4.25. The largest absolute Gasteiger partial charge is 0.480 e. The van der Waals surface area contributed by atoms with Crippen molar-refractivity contribution in [3.63, 3.8) is 0 Å². The Hall–Kier alpha value is -0.610. The second-order valence-corrected chi connectivity index (χ2v) is 5.69. The summed E-state index contributed by atoms with van der Waals surface area (Å²) in [5, 5.41) is 12.5. The lowest BCUT2D eigenvalue weighted by molar-refractivity contribution is -0.140. The van der Waals surface area contributed by atoms with Gasteiger partial charge in [-0.3, -0.25) is 4.79 Å². The lowest BCUT2D eigenvalue weighted by atomic mass is 9.94. The highest BCUT2D eigenvalue weighted by molar-refractivity contribution is 5.74. The van der Waals surface area contributed by atoms with Crippen LogP contribution in [0.4, 0.5) is 0 Å². The number of carbonyl (C=O) groups is 1. The van der Waals surface area contributed by atoms with Crippen LogP contribution in [0, 0.1) is 11.8 Å². The van der Waals surface area contributed by atoms with Gasteiger partial charge in [-0.2, -0.15) is 0 Å². The van der Waals surface area contributed by atoms with E-state index in [0.717, 1.165) is 32.3 Å². The first-order valence-electron chi connectivity index (χ1n) is 6.68. The Labute approximate surface area is 103 Å². The van der Waals surface area contributed by atoms with Gasteiger partial charge >= 0.3 is 5.97 Å². The number of aliphatic carboxylic acids is 1. The van der Waals surface area contributed by atoms with Gasteiger partial charge in [-0.1, -0.05) is 13.8 Å². The van der Waals surface area contributed by atoms with Gasteiger partial charge in [-0.25, -0.2) is 0 Å². The molecular weight excluding hydrogens is 218 g/mol. The van der Waals surface area contributed by atoms with Crippen LogP contribution in [-0.2, 0) is 9.53 Å². The molecule has 0 bridgehead atoms. The van der Waals surface area contributed by atoms with Crippen molar-refractivity contribution in [2.75, 3.05) is 6.61 Å². The maximum atomic E-state index is 11.2. The topological polar surface area (TPSA) is 58.6 Å². The van der Waals surface area contributed by atoms with E-state index in [0.29, 0.717) is 17.9 Å². The fourth-order valence-corrected chi connectivity index (χ4v) is 2.54. The zero-order valence-electron chi connectivity index (χ0n) is 10.7. The average molecular weight is 241 g/mol. The zero-order chi connectivity index (χ0) is 12.4. The van der Waals surface area contributed by atoms with E-state index >= 15 is 0 Å². The van der Waals surface area contributed by atoms with Crippen LogP contribution >= 0.6 is 0 Å². The number of nitrogens with one attached hydrogen (secondary N) is 1. The third-order valence-corrected chi connectivity index (χ3v) is 3.83. The van der Waals surface area contributed by atoms with Crippen LogP contribution in [0.25, 0.3) is 0 Å². The monoisotopic (exact) mass is 241 g/mol. The molecule has 1 heterocycles. The quantitative estimate of drug-likeness (QED) is 0.768. The Morgan fingerprint density at radius 3 is 2.59 bits per heavy atom. The highest BCUT2D eigenvalue weighted by Crippen LogP contribution is 2.33. The van der Waals surface area contributed by atoms with E-state index in [1.807, 2.05) is 0 Å². The normalized spacial score (nSPS) is 31.5. The minimum atomic E-state index is -0.694. The molecule has 3 unspecified atom stereocenters. The molecule has 1 aliphatic heterocycles. The van der Waals surface area contributed by atoms with E-state index in [1.165, 1.54) is 0 Å². The van der Waals surface area contributed by atoms with Crippen LogP contribution < -0.4 is 5.32 Å². The predicted octanol–water partition coefficient (Wildman–Crippen LogP) is 1.64. The van der Waals surface area contributed by atoms with Crippen molar-refractivity contribution in [2.24, 2.45) is 11.8 Å². The highest BCUT2D eigenvalue weighted by Gasteiger charge is 2.38. The van der Waals surface area contributed by atoms with Crippen LogP contribution in [0.1, 0.15) is 39.5 Å². The molecule has 2 fully saturated rings. The highest BCUT2D eigenvalue weighted by atomic mass is 16.5. The lowest BCUT2D eigenvalue weighted by Crippen LogP contribution is -2.49. The fourth-order valence-electron chi connectivity index (χ4n) is 2.54. The molecule has 1 saturated carbocycles. The molecule has 2 aliphatic rings. The molecule has 0 amide bonds. The zero-order valence-corrected chi connectivity index (χ0v) is 10.7. The van der Waals surface area contributed by atoms with E-state index in [-0.39, 0.29) is 12.1 Å². The van der Waals surface area contributed by atoms with E-state index in [4.69, 9.17) is 4.74 Å². The Morgan fingerprint density at radius 2 is 2.06 bits per heavy atom. The van der Waals surface area contributed by atoms with Gasteiger partial charge in [0.2, 0.25) is 0 Å². The third kappa shape index (κ3) is 3.42. The van der Waals surface area contributed by atoms with Gasteiger partial charge in [0.15, 0.2) is 0 Å². The van der Waals surface area contributed by atoms with Gasteiger partial charge in [0.25, 0.3) is 0 Å². The molecule has 3 atom stereocenters. The molecule has 0 spiro atoms. The Balaban J connectivity index is 1.86. The van der Waals surface area contributed by atoms with Crippen molar-refractivity contribution in [3.8, 4) is 0 Å². The van der Waals surface area contributed by atoms with E-state index in [1.54, 1.807) is 0 Å². The second-order valence-electron chi connectivity index (χ2n) is 5.69. The summed E-state index contributed by atoms with van der Waals surface area (Å²) in [6, 6.07) is -0.0382. The van der Waals surface area contributed by atoms with Crippen LogP contribution in [0.15, 0.2) is 0 Å². The lowest BCUT2D eigenvalue weighted by Gasteiger charge is -2.34. The third-order valence-electron chi connectivity index (χ3n) is 3.83. The average Bonchev–Trinajstić information content (AvgIpc) is 3.09. The Morgan fingerprint density at radius 1 is 1.35 bits per heavy atom. The maximum Gasteiger partial charge on any atom is 0.320 e. The van der Waals surface area contributed by atoms with Crippen molar-refractivity contribution >= 4 is 5.97 Å². The predicted molar refractivity (Wildman–Crippen MR) is 64.9 cm³/mol. The summed E-state index contributed by atoms with van der Waals surface area (Å²) in [4.78, 5) is 11.2. The Kier molecular flexibility index (Phi) is 4.05. The maximum absolute atomic E-state index is 11.2. The smallest absolute Gasteiger partial charge is 0.320 e. The van der Waals surface area contributed by atoms with Crippen molar-refractivity contribution in [1.82, 2.24) is 5.32 Å². The van der Waals surface area contributed by atoms with Crippen molar-refractivity contribution in [3.05, 3.63) is 0 Å². The Bertz CT molecular complexity index is 276. The van der Waals surface area contributed by atoms with E-state index < -0.39 is 5.97 Å². The van der Waals surface area contributed by atoms with Gasteiger partial charge in [0, 0.05) is 12.6 Å². The van der Waals surface area contributed by atoms with Crippen LogP contribution in [0.3, 0.4) is 0 Å². The molecular formula is C13H23NO3. The molecule has 98 valence electrons. The fraction of sp³-hybridized carbons (Fsp3) is 0.923. The van der Waals surface area contributed by atoms with E-state index in [9.17, 15) is 9.90 Å². The molecule has 2 rings (SSSR count). The first-order valence-corrected chi connectivity index (χ1v) is 6.68. The summed E-state index contributed by atoms with van der Waals surface area (Å²) in [6.45, 7) is 5.06. The minimum absolute atomic E-state index is 0.273. The van der Waals surface area contributed by atoms with Crippen molar-refractivity contribution in [2.45, 2.75) is 57.7 Å². The molecule has 4 heteroatoms. The molecule has 2 N–H and O–H groups in total. The second kappa shape index (κ2) is 5.36. The minimum Gasteiger partial charge on any atom is -0.480 e. The summed E-state index contributed by atoms with van der Waals surface area (Å²) in [5.41, 5.74) is 0. The summed E-state index contributed by atoms with van der Waals surface area (Å²) in [7, 11) is 0. The summed E-state index contributed by atoms with van der Waals surface area (Å²) >= 11 is 0. The molecule has 0 aromatic heterocycles. The number of hydrogen-bond acceptors (Lipinski definition) is 3. The first kappa shape index (κ1) is 12.8. The van der Waals surface area contributed by atoms with Gasteiger partial charge < -0.3 is 15.2 Å². The molecule has 0 aromatic carbocycles. The van der Waals surface area contributed by atoms with E-state index in [2.05, 4.69) is 19.2 Å². The van der Waals surface area contributed by atoms with Crippen LogP contribution in [-0.4, -0.2) is 35.9 Å². The van der Waals surface area contributed by atoms with Crippen molar-refractivity contribution < 1.29 is 14.6 Å².